The highest BCUT2D eigenvalue weighted by Crippen LogP contribution is 2.35. The number of rotatable bonds is 4. The molecule has 1 atom stereocenters. The van der Waals surface area contributed by atoms with Crippen LogP contribution in [0.2, 0.25) is 0 Å². The molecule has 1 heterocycles. The molecule has 6 nitrogen and oxygen atoms in total. The summed E-state index contributed by atoms with van der Waals surface area (Å²) in [5, 5.41) is 3.73. The Labute approximate surface area is 182 Å². The lowest BCUT2D eigenvalue weighted by Crippen LogP contribution is -2.49. The van der Waals surface area contributed by atoms with E-state index in [0.717, 1.165) is 11.3 Å². The van der Waals surface area contributed by atoms with Gasteiger partial charge >= 0.3 is 5.97 Å². The molecule has 2 aromatic carbocycles. The molecule has 1 amide bonds. The Morgan fingerprint density at radius 3 is 2.30 bits per heavy atom. The Kier molecular flexibility index (Phi) is 6.22. The van der Waals surface area contributed by atoms with Gasteiger partial charge in [-0.1, -0.05) is 35.9 Å². The quantitative estimate of drug-likeness (QED) is 0.599. The van der Waals surface area contributed by atoms with Gasteiger partial charge in [-0.05, 0) is 49.8 Å². The first kappa shape index (κ1) is 21.5. The van der Waals surface area contributed by atoms with Gasteiger partial charge in [-0.2, -0.15) is 0 Å². The molecule has 0 saturated carbocycles. The van der Waals surface area contributed by atoms with Crippen molar-refractivity contribution in [2.75, 3.05) is 26.1 Å². The average Bonchev–Trinajstić information content (AvgIpc) is 2.73. The number of carbonyl (C=O) groups excluding carboxylic acids is 2. The number of ether oxygens (including phenoxy) is 1. The van der Waals surface area contributed by atoms with Crippen molar-refractivity contribution in [3.8, 4) is 0 Å². The van der Waals surface area contributed by atoms with Crippen LogP contribution < -0.4 is 10.2 Å². The molecule has 0 aliphatic carbocycles. The van der Waals surface area contributed by atoms with Crippen LogP contribution in [0.15, 0.2) is 59.8 Å². The number of esters is 1. The Morgan fingerprint density at radius 1 is 1.07 bits per heavy atom. The molecule has 1 aliphatic rings. The molecule has 1 aliphatic heterocycles. The Hall–Kier alpha value is -3.19. The average molecular weight is 424 g/mol. The molecule has 30 heavy (non-hydrogen) atoms. The molecule has 3 rings (SSSR count). The van der Waals surface area contributed by atoms with Gasteiger partial charge in [0, 0.05) is 25.5 Å². The lowest BCUT2D eigenvalue weighted by Gasteiger charge is -2.39. The minimum atomic E-state index is -0.579. The highest BCUT2D eigenvalue weighted by molar-refractivity contribution is 7.80. The van der Waals surface area contributed by atoms with E-state index in [2.05, 4.69) is 5.32 Å². The molecule has 7 heteroatoms. The first-order chi connectivity index (χ1) is 14.3. The van der Waals surface area contributed by atoms with Crippen molar-refractivity contribution < 1.29 is 14.3 Å². The van der Waals surface area contributed by atoms with Crippen LogP contribution in [0, 0.1) is 6.92 Å². The van der Waals surface area contributed by atoms with E-state index >= 15 is 0 Å². The number of amides is 1. The zero-order valence-electron chi connectivity index (χ0n) is 17.7. The normalized spacial score (nSPS) is 16.2. The van der Waals surface area contributed by atoms with E-state index in [-0.39, 0.29) is 5.91 Å². The van der Waals surface area contributed by atoms with E-state index < -0.39 is 12.0 Å². The first-order valence-electron chi connectivity index (χ1n) is 9.53. The predicted octanol–water partition coefficient (Wildman–Crippen LogP) is 3.58. The highest BCUT2D eigenvalue weighted by atomic mass is 32.1. The van der Waals surface area contributed by atoms with Gasteiger partial charge in [0.15, 0.2) is 5.11 Å². The summed E-state index contributed by atoms with van der Waals surface area (Å²) >= 11 is 5.68. The van der Waals surface area contributed by atoms with E-state index in [0.29, 0.717) is 27.5 Å². The van der Waals surface area contributed by atoms with Crippen molar-refractivity contribution >= 4 is 34.9 Å². The number of hydrogen-bond donors (Lipinski definition) is 1. The van der Waals surface area contributed by atoms with E-state index in [1.165, 1.54) is 12.0 Å². The van der Waals surface area contributed by atoms with Crippen molar-refractivity contribution in [2.45, 2.75) is 19.9 Å². The number of aryl methyl sites for hydroxylation is 1. The predicted molar refractivity (Wildman–Crippen MR) is 121 cm³/mol. The van der Waals surface area contributed by atoms with Gasteiger partial charge in [0.25, 0.3) is 5.91 Å². The molecule has 156 valence electrons. The highest BCUT2D eigenvalue weighted by Gasteiger charge is 2.36. The summed E-state index contributed by atoms with van der Waals surface area (Å²) in [6.45, 7) is 3.89. The summed E-state index contributed by atoms with van der Waals surface area (Å²) in [5.74, 6) is -0.627. The lowest BCUT2D eigenvalue weighted by molar-refractivity contribution is -0.125. The number of benzene rings is 2. The monoisotopic (exact) mass is 423 g/mol. The number of anilines is 1. The Bertz CT molecular complexity index is 1030. The SMILES string of the molecule is COC(=O)c1ccccc1C1NC(=S)N(c2ccc(C)cc2)C(C)=C1C(=O)N(C)C. The van der Waals surface area contributed by atoms with Crippen LogP contribution in [0.1, 0.15) is 34.5 Å². The number of nitrogens with one attached hydrogen (secondary N) is 1. The molecule has 0 radical (unpaired) electrons. The third-order valence-electron chi connectivity index (χ3n) is 5.09. The van der Waals surface area contributed by atoms with Gasteiger partial charge in [0.05, 0.1) is 24.3 Å². The second-order valence-electron chi connectivity index (χ2n) is 7.33. The fourth-order valence-electron chi connectivity index (χ4n) is 3.54. The van der Waals surface area contributed by atoms with Crippen molar-refractivity contribution in [1.82, 2.24) is 10.2 Å². The number of likely N-dealkylation sites (N-methyl/N-ethyl adjacent to an activating group) is 1. The second-order valence-corrected chi connectivity index (χ2v) is 7.72. The minimum absolute atomic E-state index is 0.163. The molecule has 0 aromatic heterocycles. The number of thiocarbonyl (C=S) groups is 1. The van der Waals surface area contributed by atoms with Gasteiger partial charge < -0.3 is 15.0 Å². The molecule has 1 N–H and O–H groups in total. The second kappa shape index (κ2) is 8.67. The number of methoxy groups -OCH3 is 1. The maximum absolute atomic E-state index is 13.2. The third-order valence-corrected chi connectivity index (χ3v) is 5.39. The molecule has 0 saturated heterocycles. The van der Waals surface area contributed by atoms with Crippen molar-refractivity contribution in [3.05, 3.63) is 76.5 Å². The number of nitrogens with zero attached hydrogens (tertiary/aromatic N) is 2. The van der Waals surface area contributed by atoms with Gasteiger partial charge in [0.1, 0.15) is 0 Å². The largest absolute Gasteiger partial charge is 0.465 e. The Morgan fingerprint density at radius 2 is 1.70 bits per heavy atom. The van der Waals surface area contributed by atoms with E-state index in [1.54, 1.807) is 26.2 Å². The van der Waals surface area contributed by atoms with E-state index in [9.17, 15) is 9.59 Å². The standard InChI is InChI=1S/C23H25N3O3S/c1-14-10-12-16(13-11-14)26-15(2)19(21(27)25(3)4)20(24-23(26)30)17-8-6-7-9-18(17)22(28)29-5/h6-13,20H,1-5H3,(H,24,30). The number of allylic oxidation sites excluding steroid dienone is 1. The third kappa shape index (κ3) is 3.93. The summed E-state index contributed by atoms with van der Waals surface area (Å²) in [7, 11) is 4.74. The smallest absolute Gasteiger partial charge is 0.338 e. The molecule has 2 aromatic rings. The van der Waals surface area contributed by atoms with Gasteiger partial charge in [-0.15, -0.1) is 0 Å². The van der Waals surface area contributed by atoms with Crippen molar-refractivity contribution in [2.24, 2.45) is 0 Å². The summed E-state index contributed by atoms with van der Waals surface area (Å²) in [5.41, 5.74) is 4.25. The maximum Gasteiger partial charge on any atom is 0.338 e. The van der Waals surface area contributed by atoms with Gasteiger partial charge in [-0.25, -0.2) is 4.79 Å². The summed E-state index contributed by atoms with van der Waals surface area (Å²) in [6.07, 6.45) is 0. The van der Waals surface area contributed by atoms with Crippen LogP contribution >= 0.6 is 12.2 Å². The van der Waals surface area contributed by atoms with E-state index in [1.807, 2.05) is 55.1 Å². The summed E-state index contributed by atoms with van der Waals surface area (Å²) in [6, 6.07) is 14.4. The lowest BCUT2D eigenvalue weighted by atomic mass is 9.90. The molecule has 0 bridgehead atoms. The van der Waals surface area contributed by atoms with Crippen LogP contribution in [-0.2, 0) is 9.53 Å². The van der Waals surface area contributed by atoms with Crippen LogP contribution in [-0.4, -0.2) is 43.1 Å². The van der Waals surface area contributed by atoms with Gasteiger partial charge in [-0.3, -0.25) is 9.69 Å². The zero-order valence-corrected chi connectivity index (χ0v) is 18.5. The fraction of sp³-hybridized carbons (Fsp3) is 0.261. The topological polar surface area (TPSA) is 61.9 Å². The van der Waals surface area contributed by atoms with Crippen molar-refractivity contribution in [3.63, 3.8) is 0 Å². The van der Waals surface area contributed by atoms with Crippen LogP contribution in [0.5, 0.6) is 0 Å². The summed E-state index contributed by atoms with van der Waals surface area (Å²) in [4.78, 5) is 29.0. The minimum Gasteiger partial charge on any atom is -0.465 e. The maximum atomic E-state index is 13.2. The molecular weight excluding hydrogens is 398 g/mol. The number of hydrogen-bond acceptors (Lipinski definition) is 4. The summed E-state index contributed by atoms with van der Waals surface area (Å²) < 4.78 is 4.94. The van der Waals surface area contributed by atoms with Crippen LogP contribution in [0.25, 0.3) is 0 Å². The van der Waals surface area contributed by atoms with E-state index in [4.69, 9.17) is 17.0 Å². The molecule has 0 fully saturated rings. The van der Waals surface area contributed by atoms with Crippen LogP contribution in [0.3, 0.4) is 0 Å². The Balaban J connectivity index is 2.21. The molecule has 0 spiro atoms. The van der Waals surface area contributed by atoms with Crippen molar-refractivity contribution in [1.29, 1.82) is 0 Å². The first-order valence-corrected chi connectivity index (χ1v) is 9.94. The van der Waals surface area contributed by atoms with Crippen LogP contribution in [0.4, 0.5) is 5.69 Å². The fourth-order valence-corrected chi connectivity index (χ4v) is 3.90. The molecular formula is C23H25N3O3S. The number of carbonyl (C=O) groups is 2. The molecule has 1 unspecified atom stereocenters. The zero-order chi connectivity index (χ0) is 22.0. The van der Waals surface area contributed by atoms with Gasteiger partial charge in [0.2, 0.25) is 0 Å².